The van der Waals surface area contributed by atoms with Gasteiger partial charge in [0.15, 0.2) is 11.3 Å². The van der Waals surface area contributed by atoms with Crippen LogP contribution in [0.15, 0.2) is 62.7 Å². The van der Waals surface area contributed by atoms with Gasteiger partial charge in [-0.25, -0.2) is 0 Å². The van der Waals surface area contributed by atoms with E-state index in [9.17, 15) is 14.7 Å². The van der Waals surface area contributed by atoms with Crippen molar-refractivity contribution in [3.63, 3.8) is 0 Å². The summed E-state index contributed by atoms with van der Waals surface area (Å²) in [4.78, 5) is 25.5. The number of fused-ring (bicyclic) bond motifs is 1. The summed E-state index contributed by atoms with van der Waals surface area (Å²) < 4.78 is 6.38. The second kappa shape index (κ2) is 8.01. The molecule has 1 heterocycles. The minimum Gasteiger partial charge on any atom is -0.511 e. The Labute approximate surface area is 173 Å². The average molecular weight is 450 g/mol. The van der Waals surface area contributed by atoms with Crippen LogP contribution in [0, 0.1) is 22.7 Å². The van der Waals surface area contributed by atoms with Crippen molar-refractivity contribution in [2.45, 2.75) is 6.92 Å². The fourth-order valence-corrected chi connectivity index (χ4v) is 3.01. The van der Waals surface area contributed by atoms with Crippen molar-refractivity contribution >= 4 is 44.3 Å². The Morgan fingerprint density at radius 3 is 2.41 bits per heavy atom. The van der Waals surface area contributed by atoms with E-state index in [4.69, 9.17) is 14.9 Å². The topological polar surface area (TPSA) is 127 Å². The minimum atomic E-state index is -0.871. The molecule has 2 aromatic carbocycles. The van der Waals surface area contributed by atoms with E-state index in [1.54, 1.807) is 24.3 Å². The van der Waals surface area contributed by atoms with E-state index in [0.29, 0.717) is 21.0 Å². The van der Waals surface area contributed by atoms with Gasteiger partial charge < -0.3 is 14.8 Å². The molecule has 7 nitrogen and oxygen atoms in total. The number of nitriles is 2. The second-order valence-corrected chi connectivity index (χ2v) is 6.91. The summed E-state index contributed by atoms with van der Waals surface area (Å²) in [5, 5.41) is 30.5. The first kappa shape index (κ1) is 19.9. The van der Waals surface area contributed by atoms with Crippen molar-refractivity contribution in [2.75, 3.05) is 5.32 Å². The largest absolute Gasteiger partial charge is 0.511 e. The molecular formula is C21H12BrN3O4. The summed E-state index contributed by atoms with van der Waals surface area (Å²) in [5.41, 5.74) is 0.599. The van der Waals surface area contributed by atoms with Gasteiger partial charge in [-0.1, -0.05) is 15.9 Å². The summed E-state index contributed by atoms with van der Waals surface area (Å²) in [7, 11) is 0. The van der Waals surface area contributed by atoms with Crippen LogP contribution in [0.25, 0.3) is 11.0 Å². The first-order chi connectivity index (χ1) is 13.8. The van der Waals surface area contributed by atoms with Crippen LogP contribution in [0.5, 0.6) is 0 Å². The van der Waals surface area contributed by atoms with Crippen molar-refractivity contribution in [3.8, 4) is 12.1 Å². The zero-order valence-electron chi connectivity index (χ0n) is 15.0. The fraction of sp³-hybridized carbons (Fsp3) is 0.0476. The first-order valence-corrected chi connectivity index (χ1v) is 9.03. The highest BCUT2D eigenvalue weighted by atomic mass is 79.9. The SMILES string of the molecule is CC(O)=C(C#N)C(=O)Nc1c(C(=O)c2ccc(C#N)cc2)oc2ccc(Br)cc12. The number of carbonyl (C=O) groups excluding carboxylic acids is 2. The van der Waals surface area contributed by atoms with Gasteiger partial charge in [0.2, 0.25) is 5.78 Å². The van der Waals surface area contributed by atoms with Crippen LogP contribution in [0.2, 0.25) is 0 Å². The van der Waals surface area contributed by atoms with Crippen molar-refractivity contribution in [1.82, 2.24) is 0 Å². The number of aliphatic hydroxyl groups excluding tert-OH is 1. The van der Waals surface area contributed by atoms with E-state index in [-0.39, 0.29) is 17.0 Å². The van der Waals surface area contributed by atoms with Gasteiger partial charge in [-0.3, -0.25) is 9.59 Å². The van der Waals surface area contributed by atoms with Crippen LogP contribution in [-0.4, -0.2) is 16.8 Å². The Kier molecular flexibility index (Phi) is 5.49. The van der Waals surface area contributed by atoms with E-state index >= 15 is 0 Å². The van der Waals surface area contributed by atoms with Gasteiger partial charge in [-0.05, 0) is 49.4 Å². The molecule has 142 valence electrons. The Morgan fingerprint density at radius 1 is 1.14 bits per heavy atom. The van der Waals surface area contributed by atoms with E-state index in [1.165, 1.54) is 31.2 Å². The molecule has 0 atom stereocenters. The Morgan fingerprint density at radius 2 is 1.83 bits per heavy atom. The molecule has 1 aromatic heterocycles. The van der Waals surface area contributed by atoms with E-state index in [0.717, 1.165) is 0 Å². The molecule has 0 spiro atoms. The molecule has 0 bridgehead atoms. The molecule has 0 fully saturated rings. The number of benzene rings is 2. The predicted molar refractivity (Wildman–Crippen MR) is 108 cm³/mol. The quantitative estimate of drug-likeness (QED) is 0.259. The number of rotatable bonds is 4. The highest BCUT2D eigenvalue weighted by Crippen LogP contribution is 2.34. The van der Waals surface area contributed by atoms with E-state index < -0.39 is 23.0 Å². The molecule has 3 aromatic rings. The number of furan rings is 1. The highest BCUT2D eigenvalue weighted by molar-refractivity contribution is 9.10. The average Bonchev–Trinajstić information content (AvgIpc) is 3.05. The smallest absolute Gasteiger partial charge is 0.269 e. The number of anilines is 1. The third kappa shape index (κ3) is 3.88. The predicted octanol–water partition coefficient (Wildman–Crippen LogP) is 4.59. The molecule has 3 rings (SSSR count). The molecule has 0 aliphatic heterocycles. The molecule has 1 amide bonds. The van der Waals surface area contributed by atoms with Crippen LogP contribution in [-0.2, 0) is 4.79 Å². The molecule has 0 saturated carbocycles. The number of carbonyl (C=O) groups is 2. The molecule has 0 saturated heterocycles. The third-order valence-corrected chi connectivity index (χ3v) is 4.56. The Bertz CT molecular complexity index is 1250. The molecule has 0 unspecified atom stereocenters. The van der Waals surface area contributed by atoms with Gasteiger partial charge >= 0.3 is 0 Å². The molecule has 0 radical (unpaired) electrons. The normalized spacial score (nSPS) is 11.3. The summed E-state index contributed by atoms with van der Waals surface area (Å²) in [6.07, 6.45) is 0. The minimum absolute atomic E-state index is 0.0784. The van der Waals surface area contributed by atoms with E-state index in [2.05, 4.69) is 21.2 Å². The standard InChI is InChI=1S/C21H12BrN3O4/c1-11(26)16(10-24)21(28)25-18-15-8-14(22)6-7-17(15)29-20(18)19(27)13-4-2-12(9-23)3-5-13/h2-8,26H,1H3,(H,25,28). The Balaban J connectivity index is 2.14. The van der Waals surface area contributed by atoms with Crippen LogP contribution < -0.4 is 5.32 Å². The molecular weight excluding hydrogens is 438 g/mol. The number of hydrogen-bond acceptors (Lipinski definition) is 6. The first-order valence-electron chi connectivity index (χ1n) is 8.24. The number of allylic oxidation sites excluding steroid dienone is 1. The fourth-order valence-electron chi connectivity index (χ4n) is 2.65. The molecule has 8 heteroatoms. The van der Waals surface area contributed by atoms with Crippen molar-refractivity contribution < 1.29 is 19.1 Å². The molecule has 2 N–H and O–H groups in total. The lowest BCUT2D eigenvalue weighted by atomic mass is 10.1. The number of amides is 1. The third-order valence-electron chi connectivity index (χ3n) is 4.07. The van der Waals surface area contributed by atoms with Crippen molar-refractivity contribution in [1.29, 1.82) is 10.5 Å². The van der Waals surface area contributed by atoms with Gasteiger partial charge in [0, 0.05) is 15.4 Å². The number of hydrogen-bond donors (Lipinski definition) is 2. The van der Waals surface area contributed by atoms with Crippen molar-refractivity contribution in [3.05, 3.63) is 75.2 Å². The number of halogens is 1. The lowest BCUT2D eigenvalue weighted by molar-refractivity contribution is -0.112. The summed E-state index contributed by atoms with van der Waals surface area (Å²) in [6.45, 7) is 1.21. The zero-order chi connectivity index (χ0) is 21.1. The summed E-state index contributed by atoms with van der Waals surface area (Å²) >= 11 is 3.33. The van der Waals surface area contributed by atoms with Gasteiger partial charge in [0.1, 0.15) is 17.4 Å². The molecule has 0 aliphatic rings. The molecule has 29 heavy (non-hydrogen) atoms. The summed E-state index contributed by atoms with van der Waals surface area (Å²) in [5.74, 6) is -1.97. The van der Waals surface area contributed by atoms with Crippen LogP contribution in [0.3, 0.4) is 0 Å². The maximum absolute atomic E-state index is 13.0. The van der Waals surface area contributed by atoms with Gasteiger partial charge in [0.25, 0.3) is 5.91 Å². The van der Waals surface area contributed by atoms with Crippen molar-refractivity contribution in [2.24, 2.45) is 0 Å². The lowest BCUT2D eigenvalue weighted by Gasteiger charge is -2.06. The Hall–Kier alpha value is -3.88. The van der Waals surface area contributed by atoms with Gasteiger partial charge in [-0.15, -0.1) is 0 Å². The summed E-state index contributed by atoms with van der Waals surface area (Å²) in [6, 6.07) is 14.6. The van der Waals surface area contributed by atoms with Gasteiger partial charge in [0.05, 0.1) is 17.3 Å². The van der Waals surface area contributed by atoms with Crippen LogP contribution in [0.4, 0.5) is 5.69 Å². The van der Waals surface area contributed by atoms with E-state index in [1.807, 2.05) is 6.07 Å². The van der Waals surface area contributed by atoms with Gasteiger partial charge in [-0.2, -0.15) is 10.5 Å². The van der Waals surface area contributed by atoms with Crippen LogP contribution in [0.1, 0.15) is 28.6 Å². The number of aliphatic hydroxyl groups is 1. The highest BCUT2D eigenvalue weighted by Gasteiger charge is 2.25. The zero-order valence-corrected chi connectivity index (χ0v) is 16.6. The molecule has 0 aliphatic carbocycles. The maximum Gasteiger partial charge on any atom is 0.269 e. The number of nitrogens with zero attached hydrogens (tertiary/aromatic N) is 2. The number of ketones is 1. The monoisotopic (exact) mass is 449 g/mol. The maximum atomic E-state index is 13.0. The lowest BCUT2D eigenvalue weighted by Crippen LogP contribution is -2.16. The second-order valence-electron chi connectivity index (χ2n) is 5.99. The van der Waals surface area contributed by atoms with Crippen LogP contribution >= 0.6 is 15.9 Å². The number of nitrogens with one attached hydrogen (secondary N) is 1.